The van der Waals surface area contributed by atoms with Crippen molar-refractivity contribution >= 4 is 35.0 Å². The minimum absolute atomic E-state index is 0.678. The summed E-state index contributed by atoms with van der Waals surface area (Å²) in [6.07, 6.45) is 0. The quantitative estimate of drug-likeness (QED) is 0.725. The molecule has 2 nitrogen and oxygen atoms in total. The van der Waals surface area contributed by atoms with Gasteiger partial charge in [-0.1, -0.05) is 53.2 Å². The lowest BCUT2D eigenvalue weighted by Crippen LogP contribution is -2.19. The summed E-state index contributed by atoms with van der Waals surface area (Å²) in [6.45, 7) is 2.17. The average molecular weight is 342 g/mol. The van der Waals surface area contributed by atoms with Crippen molar-refractivity contribution in [3.63, 3.8) is 0 Å². The van der Waals surface area contributed by atoms with Crippen molar-refractivity contribution in [3.05, 3.63) is 58.1 Å². The van der Waals surface area contributed by atoms with E-state index in [-0.39, 0.29) is 0 Å². The van der Waals surface area contributed by atoms with E-state index < -0.39 is 0 Å². The molecule has 0 aromatic heterocycles. The highest BCUT2D eigenvalue weighted by Gasteiger charge is 2.10. The largest absolute Gasteiger partial charge is 0.383 e. The van der Waals surface area contributed by atoms with Gasteiger partial charge in [0.05, 0.1) is 11.6 Å². The van der Waals surface area contributed by atoms with Gasteiger partial charge < -0.3 is 10.1 Å². The van der Waals surface area contributed by atoms with Crippen LogP contribution in [0.3, 0.4) is 0 Å². The predicted molar refractivity (Wildman–Crippen MR) is 90.6 cm³/mol. The first-order chi connectivity index (χ1) is 10.2. The number of rotatable bonds is 7. The Kier molecular flexibility index (Phi) is 6.87. The fraction of sp³-hybridized carbons (Fsp3) is 0.250. The second kappa shape index (κ2) is 8.66. The lowest BCUT2D eigenvalue weighted by atomic mass is 10.2. The standard InChI is InChI=1S/C16H17Cl2NOS/c1-20-10-9-19-11-12-13(17)6-4-8-15(12)21-16-7-3-2-5-14(16)18/h2-8,19H,9-11H2,1H3. The molecule has 0 fully saturated rings. The molecule has 2 aromatic carbocycles. The highest BCUT2D eigenvalue weighted by molar-refractivity contribution is 7.99. The average Bonchev–Trinajstić information content (AvgIpc) is 2.48. The molecule has 5 heteroatoms. The Labute approximate surface area is 139 Å². The van der Waals surface area contributed by atoms with Gasteiger partial charge in [0.1, 0.15) is 0 Å². The van der Waals surface area contributed by atoms with Crippen LogP contribution in [-0.4, -0.2) is 20.3 Å². The van der Waals surface area contributed by atoms with Crippen molar-refractivity contribution in [2.75, 3.05) is 20.3 Å². The van der Waals surface area contributed by atoms with Crippen LogP contribution in [0.2, 0.25) is 10.0 Å². The van der Waals surface area contributed by atoms with E-state index in [0.717, 1.165) is 31.9 Å². The summed E-state index contributed by atoms with van der Waals surface area (Å²) in [6, 6.07) is 13.7. The molecule has 112 valence electrons. The van der Waals surface area contributed by atoms with Crippen molar-refractivity contribution in [2.45, 2.75) is 16.3 Å². The zero-order valence-electron chi connectivity index (χ0n) is 11.7. The van der Waals surface area contributed by atoms with Gasteiger partial charge in [0.15, 0.2) is 0 Å². The van der Waals surface area contributed by atoms with Crippen LogP contribution < -0.4 is 5.32 Å². The van der Waals surface area contributed by atoms with Crippen molar-refractivity contribution in [1.29, 1.82) is 0 Å². The van der Waals surface area contributed by atoms with Crippen LogP contribution in [0.15, 0.2) is 52.3 Å². The van der Waals surface area contributed by atoms with Gasteiger partial charge in [0, 0.05) is 35.0 Å². The third-order valence-corrected chi connectivity index (χ3v) is 4.89. The molecule has 0 bridgehead atoms. The predicted octanol–water partition coefficient (Wildman–Crippen LogP) is 4.88. The van der Waals surface area contributed by atoms with Crippen molar-refractivity contribution < 1.29 is 4.74 Å². The third-order valence-electron chi connectivity index (χ3n) is 2.92. The van der Waals surface area contributed by atoms with E-state index in [0.29, 0.717) is 13.2 Å². The molecule has 0 aliphatic rings. The van der Waals surface area contributed by atoms with E-state index >= 15 is 0 Å². The number of hydrogen-bond acceptors (Lipinski definition) is 3. The lowest BCUT2D eigenvalue weighted by Gasteiger charge is -2.12. The maximum absolute atomic E-state index is 6.33. The molecule has 0 radical (unpaired) electrons. The first kappa shape index (κ1) is 16.7. The van der Waals surface area contributed by atoms with Gasteiger partial charge >= 0.3 is 0 Å². The number of methoxy groups -OCH3 is 1. The molecular formula is C16H17Cl2NOS. The highest BCUT2D eigenvalue weighted by atomic mass is 35.5. The van der Waals surface area contributed by atoms with Crippen LogP contribution in [0.4, 0.5) is 0 Å². The van der Waals surface area contributed by atoms with Gasteiger partial charge in [-0.05, 0) is 29.8 Å². The van der Waals surface area contributed by atoms with Crippen LogP contribution in [0.1, 0.15) is 5.56 Å². The summed E-state index contributed by atoms with van der Waals surface area (Å²) in [5.74, 6) is 0. The van der Waals surface area contributed by atoms with Gasteiger partial charge in [0.2, 0.25) is 0 Å². The fourth-order valence-corrected chi connectivity index (χ4v) is 3.39. The van der Waals surface area contributed by atoms with Gasteiger partial charge in [-0.15, -0.1) is 0 Å². The number of nitrogens with one attached hydrogen (secondary N) is 1. The molecule has 0 heterocycles. The topological polar surface area (TPSA) is 21.3 Å². The van der Waals surface area contributed by atoms with Crippen LogP contribution in [0, 0.1) is 0 Å². The smallest absolute Gasteiger partial charge is 0.0587 e. The van der Waals surface area contributed by atoms with Crippen LogP contribution in [0.25, 0.3) is 0 Å². The molecule has 0 unspecified atom stereocenters. The van der Waals surface area contributed by atoms with E-state index in [1.807, 2.05) is 36.4 Å². The molecule has 21 heavy (non-hydrogen) atoms. The molecule has 0 amide bonds. The monoisotopic (exact) mass is 341 g/mol. The minimum Gasteiger partial charge on any atom is -0.383 e. The van der Waals surface area contributed by atoms with E-state index in [9.17, 15) is 0 Å². The maximum atomic E-state index is 6.33. The number of hydrogen-bond donors (Lipinski definition) is 1. The van der Waals surface area contributed by atoms with Gasteiger partial charge in [0.25, 0.3) is 0 Å². The summed E-state index contributed by atoms with van der Waals surface area (Å²) in [4.78, 5) is 2.14. The summed E-state index contributed by atoms with van der Waals surface area (Å²) in [5.41, 5.74) is 1.08. The van der Waals surface area contributed by atoms with E-state index in [2.05, 4.69) is 11.4 Å². The lowest BCUT2D eigenvalue weighted by molar-refractivity contribution is 0.199. The van der Waals surface area contributed by atoms with E-state index in [1.165, 1.54) is 0 Å². The first-order valence-electron chi connectivity index (χ1n) is 6.62. The Morgan fingerprint density at radius 1 is 1.00 bits per heavy atom. The highest BCUT2D eigenvalue weighted by Crippen LogP contribution is 2.37. The molecule has 0 saturated heterocycles. The molecule has 1 N–H and O–H groups in total. The zero-order chi connectivity index (χ0) is 15.1. The fourth-order valence-electron chi connectivity index (χ4n) is 1.84. The van der Waals surface area contributed by atoms with Crippen LogP contribution >= 0.6 is 35.0 Å². The van der Waals surface area contributed by atoms with Crippen molar-refractivity contribution in [2.24, 2.45) is 0 Å². The molecule has 0 aliphatic carbocycles. The van der Waals surface area contributed by atoms with Gasteiger partial charge in [-0.25, -0.2) is 0 Å². The SMILES string of the molecule is COCCNCc1c(Cl)cccc1Sc1ccccc1Cl. The summed E-state index contributed by atoms with van der Waals surface area (Å²) in [5, 5.41) is 4.84. The molecule has 0 spiro atoms. The second-order valence-electron chi connectivity index (χ2n) is 4.42. The van der Waals surface area contributed by atoms with Gasteiger partial charge in [-0.2, -0.15) is 0 Å². The van der Waals surface area contributed by atoms with E-state index in [4.69, 9.17) is 27.9 Å². The Morgan fingerprint density at radius 3 is 2.48 bits per heavy atom. The molecular weight excluding hydrogens is 325 g/mol. The Hall–Kier alpha value is -0.710. The number of halogens is 2. The summed E-state index contributed by atoms with van der Waals surface area (Å²) < 4.78 is 5.03. The summed E-state index contributed by atoms with van der Waals surface area (Å²) in [7, 11) is 1.69. The number of ether oxygens (including phenoxy) is 1. The minimum atomic E-state index is 0.678. The summed E-state index contributed by atoms with van der Waals surface area (Å²) >= 11 is 14.2. The van der Waals surface area contributed by atoms with Crippen LogP contribution in [0.5, 0.6) is 0 Å². The number of benzene rings is 2. The molecule has 2 rings (SSSR count). The molecule has 2 aromatic rings. The molecule has 0 atom stereocenters. The molecule has 0 saturated carbocycles. The van der Waals surface area contributed by atoms with Crippen molar-refractivity contribution in [1.82, 2.24) is 5.32 Å². The third kappa shape index (κ3) is 4.90. The molecule has 0 aliphatic heterocycles. The van der Waals surface area contributed by atoms with Crippen molar-refractivity contribution in [3.8, 4) is 0 Å². The normalized spacial score (nSPS) is 10.8. The Bertz CT molecular complexity index is 592. The van der Waals surface area contributed by atoms with Gasteiger partial charge in [-0.3, -0.25) is 0 Å². The first-order valence-corrected chi connectivity index (χ1v) is 8.19. The van der Waals surface area contributed by atoms with Crippen LogP contribution in [-0.2, 0) is 11.3 Å². The zero-order valence-corrected chi connectivity index (χ0v) is 14.1. The maximum Gasteiger partial charge on any atom is 0.0587 e. The Balaban J connectivity index is 2.15. The second-order valence-corrected chi connectivity index (χ2v) is 6.32. The Morgan fingerprint density at radius 2 is 1.71 bits per heavy atom. The van der Waals surface area contributed by atoms with E-state index in [1.54, 1.807) is 18.9 Å².